The summed E-state index contributed by atoms with van der Waals surface area (Å²) in [7, 11) is -2.27. The van der Waals surface area contributed by atoms with E-state index in [-0.39, 0.29) is 16.5 Å². The van der Waals surface area contributed by atoms with E-state index in [1.165, 1.54) is 37.6 Å². The van der Waals surface area contributed by atoms with Crippen molar-refractivity contribution in [3.05, 3.63) is 88.7 Å². The van der Waals surface area contributed by atoms with Crippen molar-refractivity contribution in [2.75, 3.05) is 7.11 Å². The minimum Gasteiger partial charge on any atom is -0.493 e. The lowest BCUT2D eigenvalue weighted by atomic mass is 10.2. The van der Waals surface area contributed by atoms with Gasteiger partial charge in [0.1, 0.15) is 12.4 Å². The van der Waals surface area contributed by atoms with Gasteiger partial charge in [-0.1, -0.05) is 35.9 Å². The standard InChI is InChI=1S/C21H18ClFN2O4S/c1-28-21-11-15(13-24-25-30(26,27)18-5-3-2-4-6-18)7-10-20(21)29-14-16-8-9-17(23)12-19(16)22/h2-13,25H,14H2,1H3/b24-13-. The number of methoxy groups -OCH3 is 1. The third kappa shape index (κ3) is 5.49. The second-order valence-corrected chi connectivity index (χ2v) is 8.17. The van der Waals surface area contributed by atoms with Gasteiger partial charge in [-0.15, -0.1) is 0 Å². The van der Waals surface area contributed by atoms with Gasteiger partial charge in [-0.2, -0.15) is 13.5 Å². The van der Waals surface area contributed by atoms with Gasteiger partial charge in [0.15, 0.2) is 11.5 Å². The Kier molecular flexibility index (Phi) is 6.91. The number of benzene rings is 3. The van der Waals surface area contributed by atoms with Crippen molar-refractivity contribution < 1.29 is 22.3 Å². The van der Waals surface area contributed by atoms with Crippen LogP contribution >= 0.6 is 11.6 Å². The Bertz CT molecular complexity index is 1150. The van der Waals surface area contributed by atoms with Crippen molar-refractivity contribution in [3.63, 3.8) is 0 Å². The van der Waals surface area contributed by atoms with Gasteiger partial charge in [0, 0.05) is 5.56 Å². The lowest BCUT2D eigenvalue weighted by Crippen LogP contribution is -2.18. The van der Waals surface area contributed by atoms with Crippen LogP contribution in [0.5, 0.6) is 11.5 Å². The molecule has 0 heterocycles. The van der Waals surface area contributed by atoms with Crippen molar-refractivity contribution in [3.8, 4) is 11.5 Å². The third-order valence-corrected chi connectivity index (χ3v) is 5.62. The predicted octanol–water partition coefficient (Wildman–Crippen LogP) is 4.38. The Morgan fingerprint density at radius 2 is 1.83 bits per heavy atom. The number of ether oxygens (including phenoxy) is 2. The molecule has 3 aromatic carbocycles. The largest absolute Gasteiger partial charge is 0.493 e. The molecular formula is C21H18ClFN2O4S. The summed E-state index contributed by atoms with van der Waals surface area (Å²) in [6.45, 7) is 0.125. The highest BCUT2D eigenvalue weighted by molar-refractivity contribution is 7.89. The van der Waals surface area contributed by atoms with Gasteiger partial charge in [0.05, 0.1) is 23.2 Å². The Morgan fingerprint density at radius 3 is 2.53 bits per heavy atom. The minimum atomic E-state index is -3.74. The van der Waals surface area contributed by atoms with Crippen LogP contribution in [0.25, 0.3) is 0 Å². The second-order valence-electron chi connectivity index (χ2n) is 6.10. The molecule has 0 aromatic heterocycles. The fourth-order valence-electron chi connectivity index (χ4n) is 2.50. The van der Waals surface area contributed by atoms with Gasteiger partial charge in [0.25, 0.3) is 10.0 Å². The molecule has 3 aromatic rings. The third-order valence-electron chi connectivity index (χ3n) is 4.03. The van der Waals surface area contributed by atoms with Crippen molar-refractivity contribution in [1.82, 2.24) is 4.83 Å². The number of rotatable bonds is 8. The summed E-state index contributed by atoms with van der Waals surface area (Å²) in [5, 5.41) is 4.06. The number of nitrogens with zero attached hydrogens (tertiary/aromatic N) is 1. The van der Waals surface area contributed by atoms with Crippen molar-refractivity contribution >= 4 is 27.8 Å². The van der Waals surface area contributed by atoms with E-state index in [1.807, 2.05) is 0 Å². The molecule has 3 rings (SSSR count). The van der Waals surface area contributed by atoms with Crippen LogP contribution in [-0.4, -0.2) is 21.7 Å². The van der Waals surface area contributed by atoms with E-state index in [9.17, 15) is 12.8 Å². The Balaban J connectivity index is 1.68. The molecule has 6 nitrogen and oxygen atoms in total. The molecule has 0 bridgehead atoms. The maximum atomic E-state index is 13.1. The molecule has 0 amide bonds. The molecule has 9 heteroatoms. The maximum absolute atomic E-state index is 13.1. The summed E-state index contributed by atoms with van der Waals surface area (Å²) in [6, 6.07) is 17.0. The number of sulfonamides is 1. The summed E-state index contributed by atoms with van der Waals surface area (Å²) in [5.41, 5.74) is 1.22. The molecule has 0 saturated carbocycles. The van der Waals surface area contributed by atoms with E-state index < -0.39 is 15.8 Å². The van der Waals surface area contributed by atoms with Crippen LogP contribution in [0.2, 0.25) is 5.02 Å². The molecule has 0 radical (unpaired) electrons. The highest BCUT2D eigenvalue weighted by atomic mass is 35.5. The van der Waals surface area contributed by atoms with E-state index in [0.29, 0.717) is 22.6 Å². The highest BCUT2D eigenvalue weighted by Crippen LogP contribution is 2.29. The number of nitrogens with one attached hydrogen (secondary N) is 1. The molecule has 0 aliphatic heterocycles. The first-order chi connectivity index (χ1) is 14.4. The predicted molar refractivity (Wildman–Crippen MR) is 113 cm³/mol. The fourth-order valence-corrected chi connectivity index (χ4v) is 3.53. The Morgan fingerprint density at radius 1 is 1.07 bits per heavy atom. The zero-order valence-corrected chi connectivity index (χ0v) is 17.5. The molecule has 0 fully saturated rings. The maximum Gasteiger partial charge on any atom is 0.276 e. The zero-order chi connectivity index (χ0) is 21.6. The number of hydrogen-bond donors (Lipinski definition) is 1. The summed E-state index contributed by atoms with van der Waals surface area (Å²) < 4.78 is 48.5. The number of halogens is 2. The quantitative estimate of drug-likeness (QED) is 0.410. The van der Waals surface area contributed by atoms with Gasteiger partial charge >= 0.3 is 0 Å². The monoisotopic (exact) mass is 448 g/mol. The van der Waals surface area contributed by atoms with Crippen LogP contribution in [0.15, 0.2) is 76.7 Å². The van der Waals surface area contributed by atoms with Crippen molar-refractivity contribution in [2.45, 2.75) is 11.5 Å². The number of hydrogen-bond acceptors (Lipinski definition) is 5. The molecular weight excluding hydrogens is 431 g/mol. The van der Waals surface area contributed by atoms with Gasteiger partial charge < -0.3 is 9.47 Å². The summed E-state index contributed by atoms with van der Waals surface area (Å²) in [4.78, 5) is 2.27. The van der Waals surface area contributed by atoms with E-state index >= 15 is 0 Å². The molecule has 156 valence electrons. The lowest BCUT2D eigenvalue weighted by molar-refractivity contribution is 0.284. The lowest BCUT2D eigenvalue weighted by Gasteiger charge is -2.12. The minimum absolute atomic E-state index is 0.114. The van der Waals surface area contributed by atoms with Gasteiger partial charge in [-0.25, -0.2) is 9.22 Å². The first-order valence-corrected chi connectivity index (χ1v) is 10.6. The second kappa shape index (κ2) is 9.60. The molecule has 1 N–H and O–H groups in total. The summed E-state index contributed by atoms with van der Waals surface area (Å²) in [6.07, 6.45) is 1.35. The molecule has 0 aliphatic rings. The first-order valence-electron chi connectivity index (χ1n) is 8.74. The SMILES string of the molecule is COc1cc(/C=N\NS(=O)(=O)c2ccccc2)ccc1OCc1ccc(F)cc1Cl. The summed E-state index contributed by atoms with van der Waals surface area (Å²) in [5.74, 6) is 0.441. The average Bonchev–Trinajstić information content (AvgIpc) is 2.74. The van der Waals surface area contributed by atoms with Crippen LogP contribution in [0.1, 0.15) is 11.1 Å². The highest BCUT2D eigenvalue weighted by Gasteiger charge is 2.11. The van der Waals surface area contributed by atoms with Crippen LogP contribution < -0.4 is 14.3 Å². The summed E-state index contributed by atoms with van der Waals surface area (Å²) >= 11 is 6.01. The molecule has 0 unspecified atom stereocenters. The molecule has 0 spiro atoms. The number of hydrazone groups is 1. The van der Waals surface area contributed by atoms with E-state index in [1.54, 1.807) is 42.5 Å². The average molecular weight is 449 g/mol. The van der Waals surface area contributed by atoms with Crippen LogP contribution in [-0.2, 0) is 16.6 Å². The smallest absolute Gasteiger partial charge is 0.276 e. The normalized spacial score (nSPS) is 11.4. The van der Waals surface area contributed by atoms with Crippen LogP contribution in [0.4, 0.5) is 4.39 Å². The molecule has 0 atom stereocenters. The van der Waals surface area contributed by atoms with Gasteiger partial charge in [-0.3, -0.25) is 0 Å². The van der Waals surface area contributed by atoms with E-state index in [0.717, 1.165) is 0 Å². The topological polar surface area (TPSA) is 77.0 Å². The van der Waals surface area contributed by atoms with Gasteiger partial charge in [-0.05, 0) is 48.0 Å². The Hall–Kier alpha value is -3.10. The molecule has 0 aliphatic carbocycles. The molecule has 0 saturated heterocycles. The molecule has 30 heavy (non-hydrogen) atoms. The van der Waals surface area contributed by atoms with E-state index in [2.05, 4.69) is 9.93 Å². The fraction of sp³-hybridized carbons (Fsp3) is 0.0952. The first kappa shape index (κ1) is 21.6. The van der Waals surface area contributed by atoms with Crippen molar-refractivity contribution in [1.29, 1.82) is 0 Å². The van der Waals surface area contributed by atoms with E-state index in [4.69, 9.17) is 21.1 Å². The zero-order valence-electron chi connectivity index (χ0n) is 15.9. The van der Waals surface area contributed by atoms with Crippen LogP contribution in [0, 0.1) is 5.82 Å². The van der Waals surface area contributed by atoms with Gasteiger partial charge in [0.2, 0.25) is 0 Å². The van der Waals surface area contributed by atoms with Crippen LogP contribution in [0.3, 0.4) is 0 Å². The Labute approximate surface area is 179 Å². The van der Waals surface area contributed by atoms with Crippen molar-refractivity contribution in [2.24, 2.45) is 5.10 Å².